The van der Waals surface area contributed by atoms with Crippen LogP contribution in [0.5, 0.6) is 0 Å². The Labute approximate surface area is 408 Å². The van der Waals surface area contributed by atoms with Crippen molar-refractivity contribution in [2.75, 3.05) is 19.8 Å². The quantitative estimate of drug-likeness (QED) is 0.0277. The first kappa shape index (κ1) is 62.4. The molecule has 0 aromatic heterocycles. The van der Waals surface area contributed by atoms with Gasteiger partial charge in [-0.2, -0.15) is 0 Å². The molecule has 8 N–H and O–H groups in total. The van der Waals surface area contributed by atoms with E-state index in [2.05, 4.69) is 0 Å². The molecule has 0 aromatic rings. The average molecular weight is 1030 g/mol. The molecule has 0 aliphatic carbocycles. The van der Waals surface area contributed by atoms with Crippen molar-refractivity contribution >= 4 is 47.8 Å². The topological polar surface area (TPSA) is 400 Å². The first-order chi connectivity index (χ1) is 33.1. The Hall–Kier alpha value is -4.68. The molecular formula is C44H70O27. The van der Waals surface area contributed by atoms with Crippen molar-refractivity contribution in [1.82, 2.24) is 0 Å². The van der Waals surface area contributed by atoms with Gasteiger partial charge < -0.3 is 93.0 Å². The van der Waals surface area contributed by atoms with Gasteiger partial charge in [0, 0.05) is 0 Å². The van der Waals surface area contributed by atoms with Crippen LogP contribution in [0.1, 0.15) is 107 Å². The standard InChI is InChI=1S/C44H70O27/c1-9-26(51)41(59)62-18-29-37(40(68-34(57)15-24(7)49)44(70-29,71-35(58)16-25(8)50)19-63-42(60)27(52)10-2)69-43-39(67-33(56)14-23(6)48)38(66-32(55)13-22(5)47)36(65-31(54)12-21(4)46)28(64-43)17-61-30(53)11-20(3)45/h20-29,36-40,43,45-52H,9-19H2,1-8H3/t20?,21?,22?,23?,24?,25?,26?,27?,28-,29-,36+,37-,38+,39-,40+,43+,44+/m1/s1. The predicted octanol–water partition coefficient (Wildman–Crippen LogP) is -2.82. The molecule has 71 heavy (non-hydrogen) atoms. The van der Waals surface area contributed by atoms with Crippen molar-refractivity contribution in [1.29, 1.82) is 0 Å². The summed E-state index contributed by atoms with van der Waals surface area (Å²) in [5, 5.41) is 81.1. The summed E-state index contributed by atoms with van der Waals surface area (Å²) in [6.45, 7) is 6.82. The molecule has 2 heterocycles. The summed E-state index contributed by atoms with van der Waals surface area (Å²) in [5.74, 6) is -12.9. The molecule has 0 bridgehead atoms. The second-order valence-corrected chi connectivity index (χ2v) is 17.4. The number of ether oxygens (including phenoxy) is 11. The third kappa shape index (κ3) is 21.1. The molecule has 27 heteroatoms. The van der Waals surface area contributed by atoms with E-state index in [4.69, 9.17) is 52.1 Å². The summed E-state index contributed by atoms with van der Waals surface area (Å²) in [6.07, 6.45) is -33.3. The number of hydrogen-bond donors (Lipinski definition) is 8. The molecule has 2 fully saturated rings. The zero-order valence-corrected chi connectivity index (χ0v) is 40.9. The van der Waals surface area contributed by atoms with Gasteiger partial charge in [0.05, 0.1) is 75.1 Å². The van der Waals surface area contributed by atoms with Crippen LogP contribution in [0.4, 0.5) is 0 Å². The molecular weight excluding hydrogens is 960 g/mol. The highest BCUT2D eigenvalue weighted by Gasteiger charge is 2.65. The lowest BCUT2D eigenvalue weighted by atomic mass is 9.97. The number of aliphatic hydroxyl groups excluding tert-OH is 8. The van der Waals surface area contributed by atoms with Gasteiger partial charge in [-0.15, -0.1) is 0 Å². The lowest BCUT2D eigenvalue weighted by Crippen LogP contribution is -2.64. The maximum absolute atomic E-state index is 13.6. The van der Waals surface area contributed by atoms with Gasteiger partial charge in [-0.3, -0.25) is 28.8 Å². The van der Waals surface area contributed by atoms with Crippen molar-refractivity contribution in [3.63, 3.8) is 0 Å². The molecule has 27 nitrogen and oxygen atoms in total. The molecule has 2 saturated heterocycles. The fraction of sp³-hybridized carbons (Fsp3) is 0.818. The van der Waals surface area contributed by atoms with Crippen LogP contribution in [0.3, 0.4) is 0 Å². The van der Waals surface area contributed by atoms with Crippen LogP contribution in [0.2, 0.25) is 0 Å². The average Bonchev–Trinajstić information content (AvgIpc) is 3.50. The monoisotopic (exact) mass is 1030 g/mol. The van der Waals surface area contributed by atoms with E-state index in [-0.39, 0.29) is 12.8 Å². The maximum Gasteiger partial charge on any atom is 0.335 e. The van der Waals surface area contributed by atoms with E-state index in [9.17, 15) is 79.2 Å². The van der Waals surface area contributed by atoms with E-state index >= 15 is 0 Å². The Morgan fingerprint density at radius 3 is 1.32 bits per heavy atom. The smallest absolute Gasteiger partial charge is 0.335 e. The number of esters is 8. The molecule has 2 aliphatic rings. The van der Waals surface area contributed by atoms with E-state index < -0.39 is 210 Å². The van der Waals surface area contributed by atoms with Gasteiger partial charge >= 0.3 is 47.8 Å². The van der Waals surface area contributed by atoms with E-state index in [1.165, 1.54) is 55.4 Å². The molecule has 0 spiro atoms. The zero-order chi connectivity index (χ0) is 53.9. The maximum atomic E-state index is 13.6. The van der Waals surface area contributed by atoms with Gasteiger partial charge in [-0.05, 0) is 54.4 Å². The third-order valence-electron chi connectivity index (χ3n) is 9.98. The van der Waals surface area contributed by atoms with Gasteiger partial charge in [0.2, 0.25) is 0 Å². The summed E-state index contributed by atoms with van der Waals surface area (Å²) in [4.78, 5) is 106. The molecule has 408 valence electrons. The summed E-state index contributed by atoms with van der Waals surface area (Å²) in [6, 6.07) is 0. The Bertz CT molecular complexity index is 1750. The van der Waals surface area contributed by atoms with E-state index in [0.29, 0.717) is 0 Å². The van der Waals surface area contributed by atoms with Crippen LogP contribution in [-0.4, -0.2) is 212 Å². The molecule has 8 unspecified atom stereocenters. The first-order valence-electron chi connectivity index (χ1n) is 23.0. The SMILES string of the molecule is CCC(O)C(=O)OC[C@H]1O[C@@](COC(=O)C(O)CC)(OC(=O)CC(C)O)[C@@H](OC(=O)CC(C)O)[C@@H]1O[C@@H]1O[C@H](COC(=O)CC(C)O)[C@H](OC(=O)CC(C)O)[C@H](OC(=O)CC(C)O)[C@H]1OC(=O)CC(C)O. The Balaban J connectivity index is 3.11. The van der Waals surface area contributed by atoms with Crippen LogP contribution in [0, 0.1) is 0 Å². The number of aliphatic hydroxyl groups is 8. The highest BCUT2D eigenvalue weighted by molar-refractivity contribution is 5.76. The summed E-state index contributed by atoms with van der Waals surface area (Å²) in [5.41, 5.74) is 0. The lowest BCUT2D eigenvalue weighted by Gasteiger charge is -2.45. The minimum absolute atomic E-state index is 0.169. The number of carbonyl (C=O) groups excluding carboxylic acids is 8. The highest BCUT2D eigenvalue weighted by atomic mass is 16.8. The van der Waals surface area contributed by atoms with Crippen molar-refractivity contribution in [2.24, 2.45) is 0 Å². The van der Waals surface area contributed by atoms with Crippen LogP contribution in [-0.2, 0) is 90.5 Å². The highest BCUT2D eigenvalue weighted by Crippen LogP contribution is 2.41. The van der Waals surface area contributed by atoms with E-state index in [1.807, 2.05) is 0 Å². The Kier molecular flexibility index (Phi) is 26.2. The first-order valence-corrected chi connectivity index (χ1v) is 23.0. The largest absolute Gasteiger partial charge is 0.463 e. The van der Waals surface area contributed by atoms with Gasteiger partial charge in [0.25, 0.3) is 5.79 Å². The van der Waals surface area contributed by atoms with Crippen LogP contribution < -0.4 is 0 Å². The summed E-state index contributed by atoms with van der Waals surface area (Å²) in [7, 11) is 0. The van der Waals surface area contributed by atoms with Gasteiger partial charge in [-0.1, -0.05) is 13.8 Å². The predicted molar refractivity (Wildman–Crippen MR) is 230 cm³/mol. The minimum Gasteiger partial charge on any atom is -0.463 e. The Morgan fingerprint density at radius 2 is 0.859 bits per heavy atom. The van der Waals surface area contributed by atoms with Gasteiger partial charge in [0.15, 0.2) is 49.5 Å². The zero-order valence-electron chi connectivity index (χ0n) is 40.9. The second-order valence-electron chi connectivity index (χ2n) is 17.4. The summed E-state index contributed by atoms with van der Waals surface area (Å²) >= 11 is 0. The van der Waals surface area contributed by atoms with Crippen LogP contribution in [0.15, 0.2) is 0 Å². The van der Waals surface area contributed by atoms with Crippen molar-refractivity contribution < 1.29 is 131 Å². The third-order valence-corrected chi connectivity index (χ3v) is 9.98. The molecule has 2 aliphatic heterocycles. The lowest BCUT2D eigenvalue weighted by molar-refractivity contribution is -0.325. The van der Waals surface area contributed by atoms with Crippen molar-refractivity contribution in [3.8, 4) is 0 Å². The summed E-state index contributed by atoms with van der Waals surface area (Å²) < 4.78 is 63.2. The van der Waals surface area contributed by atoms with Crippen LogP contribution in [0.25, 0.3) is 0 Å². The molecule has 0 saturated carbocycles. The fourth-order valence-corrected chi connectivity index (χ4v) is 6.75. The van der Waals surface area contributed by atoms with E-state index in [1.54, 1.807) is 0 Å². The van der Waals surface area contributed by atoms with Crippen molar-refractivity contribution in [3.05, 3.63) is 0 Å². The Morgan fingerprint density at radius 1 is 0.465 bits per heavy atom. The minimum atomic E-state index is -2.93. The van der Waals surface area contributed by atoms with Crippen molar-refractivity contribution in [2.45, 2.75) is 210 Å². The molecule has 0 amide bonds. The fourth-order valence-electron chi connectivity index (χ4n) is 6.75. The molecule has 17 atom stereocenters. The van der Waals surface area contributed by atoms with Gasteiger partial charge in [-0.25, -0.2) is 9.59 Å². The number of rotatable bonds is 29. The molecule has 0 radical (unpaired) electrons. The second kappa shape index (κ2) is 29.7. The number of hydrogen-bond acceptors (Lipinski definition) is 27. The molecule has 2 rings (SSSR count). The molecule has 0 aromatic carbocycles. The van der Waals surface area contributed by atoms with Crippen LogP contribution >= 0.6 is 0 Å². The normalized spacial score (nSPS) is 27.5. The van der Waals surface area contributed by atoms with Gasteiger partial charge in [0.1, 0.15) is 31.5 Å². The van der Waals surface area contributed by atoms with E-state index in [0.717, 1.165) is 0 Å². The number of carbonyl (C=O) groups is 8.